The van der Waals surface area contributed by atoms with Gasteiger partial charge in [0.25, 0.3) is 0 Å². The van der Waals surface area contributed by atoms with E-state index in [0.29, 0.717) is 16.7 Å². The molecule has 0 fully saturated rings. The number of halogens is 1. The number of aromatic amines is 1. The van der Waals surface area contributed by atoms with E-state index in [9.17, 15) is 9.59 Å². The summed E-state index contributed by atoms with van der Waals surface area (Å²) in [7, 11) is 0. The first kappa shape index (κ1) is 13.6. The van der Waals surface area contributed by atoms with Crippen LogP contribution in [-0.2, 0) is 6.42 Å². The summed E-state index contributed by atoms with van der Waals surface area (Å²) in [5.41, 5.74) is 7.72. The maximum Gasteiger partial charge on any atom is 0.333 e. The molecule has 0 spiro atoms. The number of hydrogen-bond donors (Lipinski definition) is 2. The molecular formula is C15H12BrN3O2. The van der Waals surface area contributed by atoms with E-state index in [1.165, 1.54) is 0 Å². The van der Waals surface area contributed by atoms with Crippen molar-refractivity contribution in [2.75, 3.05) is 5.73 Å². The summed E-state index contributed by atoms with van der Waals surface area (Å²) in [6.45, 7) is 0. The van der Waals surface area contributed by atoms with Gasteiger partial charge in [0.05, 0.1) is 17.5 Å². The van der Waals surface area contributed by atoms with Gasteiger partial charge in [0.15, 0.2) is 0 Å². The second kappa shape index (κ2) is 5.21. The molecule has 3 rings (SSSR count). The van der Waals surface area contributed by atoms with Gasteiger partial charge in [-0.3, -0.25) is 4.79 Å². The number of H-pyrrole nitrogens is 1. The Morgan fingerprint density at radius 1 is 1.19 bits per heavy atom. The largest absolute Gasteiger partial charge is 0.399 e. The number of aromatic nitrogens is 2. The highest BCUT2D eigenvalue weighted by Gasteiger charge is 2.14. The molecule has 3 aromatic rings. The molecule has 1 aromatic heterocycles. The Balaban J connectivity index is 2.01. The summed E-state index contributed by atoms with van der Waals surface area (Å²) in [6, 6.07) is 12.4. The van der Waals surface area contributed by atoms with E-state index in [0.717, 1.165) is 14.6 Å². The number of hydrogen-bond acceptors (Lipinski definition) is 3. The third-order valence-corrected chi connectivity index (χ3v) is 3.75. The molecule has 3 N–H and O–H groups in total. The molecule has 6 heteroatoms. The van der Waals surface area contributed by atoms with Gasteiger partial charge >= 0.3 is 5.69 Å². The highest BCUT2D eigenvalue weighted by atomic mass is 79.9. The number of fused-ring (bicyclic) bond motifs is 1. The van der Waals surface area contributed by atoms with Crippen LogP contribution in [0.15, 0.2) is 51.7 Å². The zero-order chi connectivity index (χ0) is 15.0. The number of carbonyl (C=O) groups is 1. The van der Waals surface area contributed by atoms with Gasteiger partial charge in [-0.05, 0) is 35.9 Å². The molecule has 0 aliphatic carbocycles. The van der Waals surface area contributed by atoms with Crippen LogP contribution < -0.4 is 11.4 Å². The molecular weight excluding hydrogens is 334 g/mol. The van der Waals surface area contributed by atoms with E-state index in [1.807, 2.05) is 24.3 Å². The number of imidazole rings is 1. The van der Waals surface area contributed by atoms with Gasteiger partial charge in [-0.15, -0.1) is 0 Å². The Hall–Kier alpha value is -2.34. The van der Waals surface area contributed by atoms with Crippen molar-refractivity contribution in [2.24, 2.45) is 0 Å². The Kier molecular flexibility index (Phi) is 3.39. The number of rotatable bonds is 2. The van der Waals surface area contributed by atoms with Gasteiger partial charge in [-0.1, -0.05) is 28.1 Å². The number of anilines is 1. The maximum absolute atomic E-state index is 12.4. The Bertz CT molecular complexity index is 878. The lowest BCUT2D eigenvalue weighted by atomic mass is 10.1. The Morgan fingerprint density at radius 2 is 1.90 bits per heavy atom. The molecule has 0 bridgehead atoms. The van der Waals surface area contributed by atoms with Crippen LogP contribution in [0.25, 0.3) is 11.0 Å². The van der Waals surface area contributed by atoms with Crippen molar-refractivity contribution in [2.45, 2.75) is 6.42 Å². The molecule has 2 aromatic carbocycles. The lowest BCUT2D eigenvalue weighted by molar-refractivity contribution is 0.0915. The molecule has 0 aliphatic rings. The first-order valence-electron chi connectivity index (χ1n) is 6.32. The SMILES string of the molecule is Nc1ccc2[nH]c(=O)n(C(=O)Cc3ccc(Br)cc3)c2c1. The van der Waals surface area contributed by atoms with E-state index in [1.54, 1.807) is 18.2 Å². The number of benzene rings is 2. The third-order valence-electron chi connectivity index (χ3n) is 3.23. The van der Waals surface area contributed by atoms with Gasteiger partial charge < -0.3 is 10.7 Å². The van der Waals surface area contributed by atoms with E-state index >= 15 is 0 Å². The van der Waals surface area contributed by atoms with E-state index in [-0.39, 0.29) is 12.3 Å². The van der Waals surface area contributed by atoms with Crippen LogP contribution in [0.5, 0.6) is 0 Å². The van der Waals surface area contributed by atoms with Crippen molar-refractivity contribution in [1.29, 1.82) is 0 Å². The van der Waals surface area contributed by atoms with Crippen LogP contribution in [0.3, 0.4) is 0 Å². The van der Waals surface area contributed by atoms with Gasteiger partial charge in [-0.2, -0.15) is 0 Å². The molecule has 21 heavy (non-hydrogen) atoms. The molecule has 5 nitrogen and oxygen atoms in total. The molecule has 0 atom stereocenters. The van der Waals surface area contributed by atoms with Crippen LogP contribution in [0.4, 0.5) is 5.69 Å². The molecule has 0 saturated heterocycles. The number of nitrogens with two attached hydrogens (primary N) is 1. The summed E-state index contributed by atoms with van der Waals surface area (Å²) < 4.78 is 2.07. The van der Waals surface area contributed by atoms with Crippen molar-refractivity contribution >= 4 is 38.6 Å². The van der Waals surface area contributed by atoms with Gasteiger partial charge in [0.1, 0.15) is 0 Å². The average molecular weight is 346 g/mol. The van der Waals surface area contributed by atoms with E-state index < -0.39 is 5.69 Å². The monoisotopic (exact) mass is 345 g/mol. The average Bonchev–Trinajstić information content (AvgIpc) is 2.76. The molecule has 106 valence electrons. The van der Waals surface area contributed by atoms with E-state index in [4.69, 9.17) is 5.73 Å². The lowest BCUT2D eigenvalue weighted by Crippen LogP contribution is -2.25. The predicted octanol–water partition coefficient (Wildman–Crippen LogP) is 2.56. The smallest absolute Gasteiger partial charge is 0.333 e. The minimum Gasteiger partial charge on any atom is -0.399 e. The quantitative estimate of drug-likeness (QED) is 0.700. The fraction of sp³-hybridized carbons (Fsp3) is 0.0667. The topological polar surface area (TPSA) is 80.9 Å². The summed E-state index contributed by atoms with van der Waals surface area (Å²) in [6.07, 6.45) is 0.148. The zero-order valence-corrected chi connectivity index (χ0v) is 12.6. The number of nitrogen functional groups attached to an aromatic ring is 1. The van der Waals surface area contributed by atoms with Crippen LogP contribution in [0, 0.1) is 0 Å². The van der Waals surface area contributed by atoms with Crippen molar-refractivity contribution in [3.63, 3.8) is 0 Å². The lowest BCUT2D eigenvalue weighted by Gasteiger charge is -2.03. The number of carbonyl (C=O) groups excluding carboxylic acids is 1. The van der Waals surface area contributed by atoms with Gasteiger partial charge in [0.2, 0.25) is 5.91 Å². The molecule has 0 amide bonds. The second-order valence-corrected chi connectivity index (χ2v) is 5.65. The molecule has 1 heterocycles. The summed E-state index contributed by atoms with van der Waals surface area (Å²) >= 11 is 3.34. The highest BCUT2D eigenvalue weighted by molar-refractivity contribution is 9.10. The fourth-order valence-corrected chi connectivity index (χ4v) is 2.49. The van der Waals surface area contributed by atoms with Crippen LogP contribution in [0.1, 0.15) is 10.4 Å². The molecule has 0 aliphatic heterocycles. The Labute approximate surface area is 128 Å². The summed E-state index contributed by atoms with van der Waals surface area (Å²) in [5.74, 6) is -0.292. The third kappa shape index (κ3) is 2.62. The van der Waals surface area contributed by atoms with Gasteiger partial charge in [0, 0.05) is 10.2 Å². The number of nitrogens with one attached hydrogen (secondary N) is 1. The molecule has 0 radical (unpaired) electrons. The van der Waals surface area contributed by atoms with Crippen molar-refractivity contribution in [3.05, 3.63) is 63.0 Å². The maximum atomic E-state index is 12.4. The summed E-state index contributed by atoms with van der Waals surface area (Å²) in [5, 5.41) is 0. The summed E-state index contributed by atoms with van der Waals surface area (Å²) in [4.78, 5) is 27.0. The van der Waals surface area contributed by atoms with Crippen LogP contribution in [0.2, 0.25) is 0 Å². The molecule has 0 unspecified atom stereocenters. The second-order valence-electron chi connectivity index (χ2n) is 4.74. The van der Waals surface area contributed by atoms with Crippen molar-refractivity contribution < 1.29 is 4.79 Å². The van der Waals surface area contributed by atoms with Crippen LogP contribution in [-0.4, -0.2) is 15.5 Å². The van der Waals surface area contributed by atoms with E-state index in [2.05, 4.69) is 20.9 Å². The minimum atomic E-state index is -0.447. The first-order valence-corrected chi connectivity index (χ1v) is 7.12. The predicted molar refractivity (Wildman–Crippen MR) is 85.4 cm³/mol. The highest BCUT2D eigenvalue weighted by Crippen LogP contribution is 2.16. The molecule has 0 saturated carbocycles. The number of nitrogens with zero attached hydrogens (tertiary/aromatic N) is 1. The minimum absolute atomic E-state index is 0.148. The van der Waals surface area contributed by atoms with Crippen molar-refractivity contribution in [3.8, 4) is 0 Å². The van der Waals surface area contributed by atoms with Crippen molar-refractivity contribution in [1.82, 2.24) is 9.55 Å². The standard InChI is InChI=1S/C15H12BrN3O2/c16-10-3-1-9(2-4-10)7-14(20)19-13-8-11(17)5-6-12(13)18-15(19)21/h1-6,8H,7,17H2,(H,18,21). The Morgan fingerprint density at radius 3 is 2.62 bits per heavy atom. The first-order chi connectivity index (χ1) is 10.0. The normalized spacial score (nSPS) is 10.9. The van der Waals surface area contributed by atoms with Crippen LogP contribution >= 0.6 is 15.9 Å². The fourth-order valence-electron chi connectivity index (χ4n) is 2.22. The zero-order valence-electron chi connectivity index (χ0n) is 11.0. The van der Waals surface area contributed by atoms with Gasteiger partial charge in [-0.25, -0.2) is 9.36 Å².